The summed E-state index contributed by atoms with van der Waals surface area (Å²) in [7, 11) is 3.42. The normalized spacial score (nSPS) is 21.0. The van der Waals surface area contributed by atoms with E-state index in [1.807, 2.05) is 0 Å². The lowest BCUT2D eigenvalue weighted by molar-refractivity contribution is 0.348. The van der Waals surface area contributed by atoms with Crippen molar-refractivity contribution in [3.63, 3.8) is 0 Å². The maximum atomic E-state index is 5.55. The first-order valence-corrected chi connectivity index (χ1v) is 8.29. The highest BCUT2D eigenvalue weighted by Gasteiger charge is 2.36. The predicted molar refractivity (Wildman–Crippen MR) is 98.8 cm³/mol. The molecule has 4 heteroatoms. The summed E-state index contributed by atoms with van der Waals surface area (Å²) in [6.07, 6.45) is 2.26. The molecule has 0 spiro atoms. The standard InChI is InChI=1S/C20H23NO2.ClH/c1-12-5-4-6-14-16(12)11-21-17-8-7-13-9-18(22-2)19(23-3)10-15(13)20(14)17;/h4-6,9-10,17,20-21H,7-8,11H2,1-3H3;1H. The van der Waals surface area contributed by atoms with Gasteiger partial charge in [-0.1, -0.05) is 18.2 Å². The molecule has 4 rings (SSSR count). The Labute approximate surface area is 149 Å². The zero-order valence-corrected chi connectivity index (χ0v) is 15.2. The molecule has 0 saturated carbocycles. The van der Waals surface area contributed by atoms with Crippen molar-refractivity contribution in [1.82, 2.24) is 5.32 Å². The fraction of sp³-hybridized carbons (Fsp3) is 0.400. The Kier molecular flexibility index (Phi) is 4.75. The number of nitrogens with one attached hydrogen (secondary N) is 1. The highest BCUT2D eigenvalue weighted by Crippen LogP contribution is 2.45. The molecule has 3 nitrogen and oxygen atoms in total. The van der Waals surface area contributed by atoms with Crippen molar-refractivity contribution in [2.24, 2.45) is 0 Å². The van der Waals surface area contributed by atoms with Gasteiger partial charge in [0.25, 0.3) is 0 Å². The van der Waals surface area contributed by atoms with Crippen LogP contribution in [-0.2, 0) is 13.0 Å². The molecule has 24 heavy (non-hydrogen) atoms. The van der Waals surface area contributed by atoms with Gasteiger partial charge in [-0.2, -0.15) is 0 Å². The molecule has 2 aromatic carbocycles. The third-order valence-electron chi connectivity index (χ3n) is 5.43. The van der Waals surface area contributed by atoms with Gasteiger partial charge < -0.3 is 14.8 Å². The minimum atomic E-state index is 0. The first-order chi connectivity index (χ1) is 11.2. The lowest BCUT2D eigenvalue weighted by Crippen LogP contribution is -2.42. The number of hydrogen-bond donors (Lipinski definition) is 1. The molecule has 2 aromatic rings. The third kappa shape index (κ3) is 2.56. The van der Waals surface area contributed by atoms with Crippen LogP contribution in [0, 0.1) is 6.92 Å². The van der Waals surface area contributed by atoms with Crippen LogP contribution in [0.5, 0.6) is 11.5 Å². The van der Waals surface area contributed by atoms with E-state index in [-0.39, 0.29) is 12.4 Å². The van der Waals surface area contributed by atoms with E-state index < -0.39 is 0 Å². The van der Waals surface area contributed by atoms with E-state index >= 15 is 0 Å². The average molecular weight is 346 g/mol. The van der Waals surface area contributed by atoms with Gasteiger partial charge in [0.15, 0.2) is 11.5 Å². The summed E-state index contributed by atoms with van der Waals surface area (Å²) in [5, 5.41) is 3.75. The topological polar surface area (TPSA) is 30.5 Å². The van der Waals surface area contributed by atoms with Crippen LogP contribution < -0.4 is 14.8 Å². The fourth-order valence-electron chi connectivity index (χ4n) is 4.23. The van der Waals surface area contributed by atoms with Crippen LogP contribution in [0.2, 0.25) is 0 Å². The van der Waals surface area contributed by atoms with Crippen molar-refractivity contribution < 1.29 is 9.47 Å². The number of hydrogen-bond acceptors (Lipinski definition) is 3. The van der Waals surface area contributed by atoms with Crippen LogP contribution in [0.1, 0.15) is 40.2 Å². The molecule has 1 heterocycles. The van der Waals surface area contributed by atoms with Crippen LogP contribution in [0.15, 0.2) is 30.3 Å². The van der Waals surface area contributed by atoms with Gasteiger partial charge >= 0.3 is 0 Å². The molecule has 2 atom stereocenters. The Morgan fingerprint density at radius 2 is 1.79 bits per heavy atom. The van der Waals surface area contributed by atoms with Crippen molar-refractivity contribution in [3.8, 4) is 11.5 Å². The molecule has 0 amide bonds. The van der Waals surface area contributed by atoms with Crippen LogP contribution in [-0.4, -0.2) is 20.3 Å². The van der Waals surface area contributed by atoms with E-state index in [2.05, 4.69) is 42.6 Å². The Morgan fingerprint density at radius 3 is 2.54 bits per heavy atom. The summed E-state index contributed by atoms with van der Waals surface area (Å²) < 4.78 is 11.0. The highest BCUT2D eigenvalue weighted by atomic mass is 35.5. The van der Waals surface area contributed by atoms with Crippen LogP contribution in [0.3, 0.4) is 0 Å². The summed E-state index contributed by atoms with van der Waals surface area (Å²) in [5.74, 6) is 2.06. The van der Waals surface area contributed by atoms with Crippen LogP contribution >= 0.6 is 12.4 Å². The molecule has 0 aromatic heterocycles. The molecular weight excluding hydrogens is 322 g/mol. The Morgan fingerprint density at radius 1 is 1.04 bits per heavy atom. The molecule has 0 fully saturated rings. The monoisotopic (exact) mass is 345 g/mol. The molecule has 128 valence electrons. The minimum Gasteiger partial charge on any atom is -0.493 e. The van der Waals surface area contributed by atoms with Crippen molar-refractivity contribution in [2.75, 3.05) is 14.2 Å². The SMILES string of the molecule is COc1cc2c(cc1OC)C1c3cccc(C)c3CNC1CC2.Cl. The summed E-state index contributed by atoms with van der Waals surface area (Å²) in [6.45, 7) is 3.19. The second-order valence-corrected chi connectivity index (χ2v) is 6.55. The number of ether oxygens (including phenoxy) is 2. The number of methoxy groups -OCH3 is 2. The summed E-state index contributed by atoms with van der Waals surface area (Å²) in [5.41, 5.74) is 7.08. The molecule has 2 unspecified atom stereocenters. The zero-order chi connectivity index (χ0) is 16.0. The van der Waals surface area contributed by atoms with E-state index in [1.165, 1.54) is 34.2 Å². The van der Waals surface area contributed by atoms with Gasteiger partial charge in [0, 0.05) is 18.5 Å². The number of rotatable bonds is 2. The minimum absolute atomic E-state index is 0. The molecule has 1 aliphatic carbocycles. The van der Waals surface area contributed by atoms with E-state index in [9.17, 15) is 0 Å². The maximum Gasteiger partial charge on any atom is 0.161 e. The number of fused-ring (bicyclic) bond motifs is 5. The van der Waals surface area contributed by atoms with Gasteiger partial charge in [-0.05, 0) is 59.7 Å². The van der Waals surface area contributed by atoms with Crippen molar-refractivity contribution in [2.45, 2.75) is 38.3 Å². The van der Waals surface area contributed by atoms with Gasteiger partial charge in [0.05, 0.1) is 14.2 Å². The third-order valence-corrected chi connectivity index (χ3v) is 5.43. The highest BCUT2D eigenvalue weighted by molar-refractivity contribution is 5.85. The van der Waals surface area contributed by atoms with E-state index in [0.717, 1.165) is 24.5 Å². The largest absolute Gasteiger partial charge is 0.493 e. The van der Waals surface area contributed by atoms with Gasteiger partial charge in [-0.3, -0.25) is 0 Å². The molecule has 1 N–H and O–H groups in total. The number of halogens is 1. The molecule has 0 saturated heterocycles. The number of benzene rings is 2. The second kappa shape index (κ2) is 6.66. The Hall–Kier alpha value is -1.71. The first-order valence-electron chi connectivity index (χ1n) is 8.29. The average Bonchev–Trinajstić information content (AvgIpc) is 2.60. The number of aryl methyl sites for hydroxylation is 2. The second-order valence-electron chi connectivity index (χ2n) is 6.55. The lowest BCUT2D eigenvalue weighted by atomic mass is 9.72. The van der Waals surface area contributed by atoms with E-state index in [1.54, 1.807) is 14.2 Å². The van der Waals surface area contributed by atoms with E-state index in [4.69, 9.17) is 9.47 Å². The summed E-state index contributed by atoms with van der Waals surface area (Å²) in [4.78, 5) is 0. The van der Waals surface area contributed by atoms with Crippen LogP contribution in [0.4, 0.5) is 0 Å². The van der Waals surface area contributed by atoms with Crippen molar-refractivity contribution in [3.05, 3.63) is 58.1 Å². The molecule has 2 aliphatic rings. The quantitative estimate of drug-likeness (QED) is 0.893. The first kappa shape index (κ1) is 17.1. The zero-order valence-electron chi connectivity index (χ0n) is 14.4. The van der Waals surface area contributed by atoms with Crippen molar-refractivity contribution >= 4 is 12.4 Å². The summed E-state index contributed by atoms with van der Waals surface area (Å²) >= 11 is 0. The van der Waals surface area contributed by atoms with Gasteiger partial charge in [-0.15, -0.1) is 12.4 Å². The Bertz CT molecular complexity index is 760. The lowest BCUT2D eigenvalue weighted by Gasteiger charge is -2.40. The fourth-order valence-corrected chi connectivity index (χ4v) is 4.23. The molecule has 1 aliphatic heterocycles. The van der Waals surface area contributed by atoms with E-state index in [0.29, 0.717) is 12.0 Å². The maximum absolute atomic E-state index is 5.55. The molecule has 0 bridgehead atoms. The van der Waals surface area contributed by atoms with Crippen molar-refractivity contribution in [1.29, 1.82) is 0 Å². The van der Waals surface area contributed by atoms with Crippen LogP contribution in [0.25, 0.3) is 0 Å². The summed E-state index contributed by atoms with van der Waals surface area (Å²) in [6, 6.07) is 11.5. The van der Waals surface area contributed by atoms with Gasteiger partial charge in [0.2, 0.25) is 0 Å². The molecule has 0 radical (unpaired) electrons. The predicted octanol–water partition coefficient (Wildman–Crippen LogP) is 3.98. The smallest absolute Gasteiger partial charge is 0.161 e. The van der Waals surface area contributed by atoms with Gasteiger partial charge in [0.1, 0.15) is 0 Å². The van der Waals surface area contributed by atoms with Gasteiger partial charge in [-0.25, -0.2) is 0 Å². The molecular formula is C20H24ClNO2. The Balaban J connectivity index is 0.00000169.